The van der Waals surface area contributed by atoms with Crippen molar-refractivity contribution in [3.63, 3.8) is 0 Å². The molecule has 0 radical (unpaired) electrons. The molecular formula is C15H18N2O3S. The van der Waals surface area contributed by atoms with E-state index < -0.39 is 5.97 Å². The molecule has 0 spiro atoms. The van der Waals surface area contributed by atoms with Gasteiger partial charge in [-0.05, 0) is 30.9 Å². The van der Waals surface area contributed by atoms with E-state index in [9.17, 15) is 9.59 Å². The van der Waals surface area contributed by atoms with Gasteiger partial charge in [-0.3, -0.25) is 4.79 Å². The van der Waals surface area contributed by atoms with Crippen LogP contribution in [0.2, 0.25) is 0 Å². The van der Waals surface area contributed by atoms with Gasteiger partial charge in [0, 0.05) is 12.7 Å². The van der Waals surface area contributed by atoms with Crippen LogP contribution in [0.3, 0.4) is 0 Å². The SMILES string of the molecule is CCCn1ccc(NC(=O)c2cccs2)c1C(=O)OCC. The minimum absolute atomic E-state index is 0.218. The highest BCUT2D eigenvalue weighted by molar-refractivity contribution is 7.12. The maximum absolute atomic E-state index is 12.1. The predicted molar refractivity (Wildman–Crippen MR) is 83.0 cm³/mol. The van der Waals surface area contributed by atoms with Gasteiger partial charge in [-0.1, -0.05) is 13.0 Å². The van der Waals surface area contributed by atoms with E-state index in [0.717, 1.165) is 6.42 Å². The lowest BCUT2D eigenvalue weighted by Crippen LogP contribution is -2.17. The first kappa shape index (κ1) is 15.3. The van der Waals surface area contributed by atoms with Crippen molar-refractivity contribution in [2.24, 2.45) is 0 Å². The van der Waals surface area contributed by atoms with Crippen molar-refractivity contribution in [3.8, 4) is 0 Å². The first-order valence-electron chi connectivity index (χ1n) is 6.88. The molecule has 0 aliphatic heterocycles. The molecule has 21 heavy (non-hydrogen) atoms. The third-order valence-corrected chi connectivity index (χ3v) is 3.76. The zero-order valence-electron chi connectivity index (χ0n) is 12.1. The molecule has 0 fully saturated rings. The van der Waals surface area contributed by atoms with E-state index in [1.54, 1.807) is 25.3 Å². The molecule has 0 aliphatic carbocycles. The molecule has 0 atom stereocenters. The Balaban J connectivity index is 2.26. The van der Waals surface area contributed by atoms with Gasteiger partial charge in [-0.15, -0.1) is 11.3 Å². The lowest BCUT2D eigenvalue weighted by molar-refractivity contribution is 0.0515. The van der Waals surface area contributed by atoms with Crippen molar-refractivity contribution in [2.45, 2.75) is 26.8 Å². The van der Waals surface area contributed by atoms with Gasteiger partial charge < -0.3 is 14.6 Å². The largest absolute Gasteiger partial charge is 0.461 e. The smallest absolute Gasteiger partial charge is 0.357 e. The summed E-state index contributed by atoms with van der Waals surface area (Å²) in [6.45, 7) is 4.78. The minimum atomic E-state index is -0.419. The van der Waals surface area contributed by atoms with Crippen LogP contribution >= 0.6 is 11.3 Å². The van der Waals surface area contributed by atoms with Crippen molar-refractivity contribution in [2.75, 3.05) is 11.9 Å². The summed E-state index contributed by atoms with van der Waals surface area (Å²) in [7, 11) is 0. The molecule has 5 nitrogen and oxygen atoms in total. The number of hydrogen-bond donors (Lipinski definition) is 1. The van der Waals surface area contributed by atoms with Crippen LogP contribution in [0.4, 0.5) is 5.69 Å². The maximum atomic E-state index is 12.1. The summed E-state index contributed by atoms with van der Waals surface area (Å²) in [6.07, 6.45) is 2.68. The Bertz CT molecular complexity index is 617. The summed E-state index contributed by atoms with van der Waals surface area (Å²) in [5.41, 5.74) is 0.879. The standard InChI is InChI=1S/C15H18N2O3S/c1-3-8-17-9-7-11(13(17)15(19)20-4-2)16-14(18)12-6-5-10-21-12/h5-7,9-10H,3-4,8H2,1-2H3,(H,16,18). The Hall–Kier alpha value is -2.08. The number of amides is 1. The van der Waals surface area contributed by atoms with Gasteiger partial charge in [0.05, 0.1) is 17.2 Å². The van der Waals surface area contributed by atoms with Crippen molar-refractivity contribution in [1.29, 1.82) is 0 Å². The van der Waals surface area contributed by atoms with Crippen LogP contribution in [-0.4, -0.2) is 23.1 Å². The second-order valence-corrected chi connectivity index (χ2v) is 5.37. The summed E-state index contributed by atoms with van der Waals surface area (Å²) in [4.78, 5) is 24.8. The number of ether oxygens (including phenoxy) is 1. The second kappa shape index (κ2) is 7.08. The fourth-order valence-corrected chi connectivity index (χ4v) is 2.64. The van der Waals surface area contributed by atoms with Gasteiger partial charge in [0.15, 0.2) is 5.69 Å². The Morgan fingerprint density at radius 2 is 2.14 bits per heavy atom. The first-order valence-corrected chi connectivity index (χ1v) is 7.76. The fraction of sp³-hybridized carbons (Fsp3) is 0.333. The van der Waals surface area contributed by atoms with E-state index in [4.69, 9.17) is 4.74 Å². The zero-order chi connectivity index (χ0) is 15.2. The van der Waals surface area contributed by atoms with Gasteiger partial charge in [-0.25, -0.2) is 4.79 Å². The zero-order valence-corrected chi connectivity index (χ0v) is 12.9. The minimum Gasteiger partial charge on any atom is -0.461 e. The number of esters is 1. The highest BCUT2D eigenvalue weighted by atomic mass is 32.1. The van der Waals surface area contributed by atoms with Gasteiger partial charge in [0.1, 0.15) is 0 Å². The second-order valence-electron chi connectivity index (χ2n) is 4.42. The van der Waals surface area contributed by atoms with Gasteiger partial charge in [-0.2, -0.15) is 0 Å². The van der Waals surface area contributed by atoms with E-state index in [1.807, 2.05) is 22.9 Å². The van der Waals surface area contributed by atoms with Crippen LogP contribution in [0.25, 0.3) is 0 Å². The number of carbonyl (C=O) groups excluding carboxylic acids is 2. The molecule has 1 amide bonds. The summed E-state index contributed by atoms with van der Waals surface area (Å²) in [6, 6.07) is 5.29. The number of aryl methyl sites for hydroxylation is 1. The van der Waals surface area contributed by atoms with Gasteiger partial charge in [0.25, 0.3) is 5.91 Å². The van der Waals surface area contributed by atoms with Crippen molar-refractivity contribution >= 4 is 28.9 Å². The fourth-order valence-electron chi connectivity index (χ4n) is 2.02. The quantitative estimate of drug-likeness (QED) is 0.832. The van der Waals surface area contributed by atoms with Crippen LogP contribution in [-0.2, 0) is 11.3 Å². The van der Waals surface area contributed by atoms with Crippen molar-refractivity contribution < 1.29 is 14.3 Å². The molecule has 112 valence electrons. The number of aromatic nitrogens is 1. The predicted octanol–water partition coefficient (Wildman–Crippen LogP) is 3.39. The molecule has 0 bridgehead atoms. The third-order valence-electron chi connectivity index (χ3n) is 2.89. The van der Waals surface area contributed by atoms with E-state index in [0.29, 0.717) is 29.4 Å². The van der Waals surface area contributed by atoms with Crippen molar-refractivity contribution in [3.05, 3.63) is 40.3 Å². The monoisotopic (exact) mass is 306 g/mol. The summed E-state index contributed by atoms with van der Waals surface area (Å²) in [5, 5.41) is 4.62. The van der Waals surface area contributed by atoms with E-state index >= 15 is 0 Å². The Morgan fingerprint density at radius 3 is 2.76 bits per heavy atom. The van der Waals surface area contributed by atoms with Gasteiger partial charge in [0.2, 0.25) is 0 Å². The molecule has 0 saturated heterocycles. The van der Waals surface area contributed by atoms with Crippen LogP contribution in [0.15, 0.2) is 29.8 Å². The molecule has 0 aliphatic rings. The highest BCUT2D eigenvalue weighted by Gasteiger charge is 2.20. The molecule has 2 aromatic heterocycles. The van der Waals surface area contributed by atoms with Crippen LogP contribution < -0.4 is 5.32 Å². The van der Waals surface area contributed by atoms with Crippen LogP contribution in [0.1, 0.15) is 40.4 Å². The Kier molecular flexibility index (Phi) is 5.16. The number of thiophene rings is 1. The lowest BCUT2D eigenvalue weighted by atomic mass is 10.3. The molecule has 2 aromatic rings. The summed E-state index contributed by atoms with van der Waals surface area (Å²) >= 11 is 1.36. The molecule has 0 unspecified atom stereocenters. The Morgan fingerprint density at radius 1 is 1.33 bits per heavy atom. The maximum Gasteiger partial charge on any atom is 0.357 e. The summed E-state index contributed by atoms with van der Waals surface area (Å²) in [5.74, 6) is -0.637. The molecule has 6 heteroatoms. The van der Waals surface area contributed by atoms with E-state index in [1.165, 1.54) is 11.3 Å². The summed E-state index contributed by atoms with van der Waals surface area (Å²) < 4.78 is 6.89. The average Bonchev–Trinajstić information content (AvgIpc) is 3.09. The number of carbonyl (C=O) groups is 2. The van der Waals surface area contributed by atoms with Gasteiger partial charge >= 0.3 is 5.97 Å². The van der Waals surface area contributed by atoms with E-state index in [-0.39, 0.29) is 5.91 Å². The molecular weight excluding hydrogens is 288 g/mol. The molecule has 0 aromatic carbocycles. The topological polar surface area (TPSA) is 60.3 Å². The van der Waals surface area contributed by atoms with Crippen molar-refractivity contribution in [1.82, 2.24) is 4.57 Å². The number of nitrogens with one attached hydrogen (secondary N) is 1. The third kappa shape index (κ3) is 3.52. The normalized spacial score (nSPS) is 10.4. The number of hydrogen-bond acceptors (Lipinski definition) is 4. The lowest BCUT2D eigenvalue weighted by Gasteiger charge is -2.10. The van der Waals surface area contributed by atoms with E-state index in [2.05, 4.69) is 5.32 Å². The molecule has 1 N–H and O–H groups in total. The van der Waals surface area contributed by atoms with Crippen LogP contribution in [0.5, 0.6) is 0 Å². The number of rotatable bonds is 6. The Labute approximate surface area is 127 Å². The average molecular weight is 306 g/mol. The molecule has 2 heterocycles. The number of anilines is 1. The van der Waals surface area contributed by atoms with Crippen LogP contribution in [0, 0.1) is 0 Å². The number of nitrogens with zero attached hydrogens (tertiary/aromatic N) is 1. The molecule has 2 rings (SSSR count). The highest BCUT2D eigenvalue weighted by Crippen LogP contribution is 2.21. The first-order chi connectivity index (χ1) is 10.2. The molecule has 0 saturated carbocycles.